The number of amides is 2. The quantitative estimate of drug-likeness (QED) is 0.591. The highest BCUT2D eigenvalue weighted by molar-refractivity contribution is 6.34. The van der Waals surface area contributed by atoms with Crippen molar-refractivity contribution in [2.24, 2.45) is 0 Å². The summed E-state index contributed by atoms with van der Waals surface area (Å²) in [5, 5.41) is 3.58. The van der Waals surface area contributed by atoms with Gasteiger partial charge in [0.1, 0.15) is 5.75 Å². The minimum absolute atomic E-state index is 0.0589. The van der Waals surface area contributed by atoms with Gasteiger partial charge < -0.3 is 19.5 Å². The minimum atomic E-state index is -0.417. The molecule has 1 N–H and O–H groups in total. The number of anilines is 2. The number of benzene rings is 2. The molecular formula is C22H19Cl2N3O3. The zero-order valence-electron chi connectivity index (χ0n) is 16.2. The topological polar surface area (TPSA) is 63.6 Å². The summed E-state index contributed by atoms with van der Waals surface area (Å²) in [6.07, 6.45) is 5.04. The molecule has 8 heteroatoms. The van der Waals surface area contributed by atoms with Gasteiger partial charge in [-0.15, -0.1) is 0 Å². The van der Waals surface area contributed by atoms with Crippen LogP contribution in [0, 0.1) is 0 Å². The predicted molar refractivity (Wildman–Crippen MR) is 118 cm³/mol. The first-order valence-corrected chi connectivity index (χ1v) is 10.2. The number of carbonyl (C=O) groups excluding carboxylic acids is 2. The van der Waals surface area contributed by atoms with Crippen LogP contribution in [0.15, 0.2) is 54.9 Å². The molecule has 0 saturated carbocycles. The number of methoxy groups -OCH3 is 1. The number of nitrogens with zero attached hydrogens (tertiary/aromatic N) is 2. The Bertz CT molecular complexity index is 1110. The third-order valence-electron chi connectivity index (χ3n) is 4.98. The van der Waals surface area contributed by atoms with Crippen molar-refractivity contribution in [3.63, 3.8) is 0 Å². The van der Waals surface area contributed by atoms with Crippen LogP contribution in [0.5, 0.6) is 5.75 Å². The Balaban J connectivity index is 1.64. The molecule has 1 aromatic heterocycles. The van der Waals surface area contributed by atoms with Crippen molar-refractivity contribution in [3.8, 4) is 11.4 Å². The molecule has 30 heavy (non-hydrogen) atoms. The molecule has 1 aliphatic heterocycles. The Hall–Kier alpha value is -2.96. The van der Waals surface area contributed by atoms with Crippen LogP contribution in [0.1, 0.15) is 23.2 Å². The summed E-state index contributed by atoms with van der Waals surface area (Å²) in [6.45, 7) is 0.651. The van der Waals surface area contributed by atoms with Crippen LogP contribution in [-0.4, -0.2) is 30.0 Å². The maximum atomic E-state index is 13.0. The lowest BCUT2D eigenvalue weighted by atomic mass is 10.1. The van der Waals surface area contributed by atoms with Gasteiger partial charge in [0, 0.05) is 37.1 Å². The van der Waals surface area contributed by atoms with E-state index in [9.17, 15) is 9.59 Å². The second kappa shape index (κ2) is 8.42. The second-order valence-electron chi connectivity index (χ2n) is 6.86. The zero-order valence-corrected chi connectivity index (χ0v) is 17.7. The minimum Gasteiger partial charge on any atom is -0.496 e. The molecule has 1 aliphatic rings. The highest BCUT2D eigenvalue weighted by atomic mass is 35.5. The van der Waals surface area contributed by atoms with E-state index < -0.39 is 5.91 Å². The molecule has 0 spiro atoms. The van der Waals surface area contributed by atoms with Crippen molar-refractivity contribution < 1.29 is 14.3 Å². The molecule has 0 radical (unpaired) electrons. The van der Waals surface area contributed by atoms with E-state index in [1.54, 1.807) is 35.2 Å². The fraction of sp³-hybridized carbons (Fsp3) is 0.182. The molecule has 6 nitrogen and oxygen atoms in total. The number of nitrogens with one attached hydrogen (secondary N) is 1. The number of hydrogen-bond donors (Lipinski definition) is 1. The highest BCUT2D eigenvalue weighted by Crippen LogP contribution is 2.33. The molecule has 0 bridgehead atoms. The van der Waals surface area contributed by atoms with Crippen LogP contribution in [0.2, 0.25) is 10.0 Å². The fourth-order valence-corrected chi connectivity index (χ4v) is 3.90. The molecule has 0 aliphatic carbocycles. The summed E-state index contributed by atoms with van der Waals surface area (Å²) < 4.78 is 7.26. The lowest BCUT2D eigenvalue weighted by Crippen LogP contribution is -2.24. The van der Waals surface area contributed by atoms with Crippen LogP contribution in [0.3, 0.4) is 0 Å². The van der Waals surface area contributed by atoms with Gasteiger partial charge in [0.05, 0.1) is 34.1 Å². The van der Waals surface area contributed by atoms with E-state index in [0.29, 0.717) is 45.8 Å². The molecule has 0 atom stereocenters. The van der Waals surface area contributed by atoms with Crippen LogP contribution >= 0.6 is 23.2 Å². The van der Waals surface area contributed by atoms with Gasteiger partial charge in [0.25, 0.3) is 5.91 Å². The van der Waals surface area contributed by atoms with E-state index in [1.165, 1.54) is 7.11 Å². The van der Waals surface area contributed by atoms with Gasteiger partial charge in [-0.1, -0.05) is 23.2 Å². The summed E-state index contributed by atoms with van der Waals surface area (Å²) in [7, 11) is 1.49. The third-order valence-corrected chi connectivity index (χ3v) is 5.61. The van der Waals surface area contributed by atoms with Crippen LogP contribution in [-0.2, 0) is 4.79 Å². The van der Waals surface area contributed by atoms with E-state index in [-0.39, 0.29) is 11.5 Å². The summed E-state index contributed by atoms with van der Waals surface area (Å²) in [5.74, 6) is 0.0193. The lowest BCUT2D eigenvalue weighted by Gasteiger charge is -2.18. The molecule has 2 aromatic carbocycles. The van der Waals surface area contributed by atoms with Crippen molar-refractivity contribution in [2.75, 3.05) is 23.9 Å². The Kier molecular flexibility index (Phi) is 5.70. The Morgan fingerprint density at radius 1 is 1.10 bits per heavy atom. The largest absolute Gasteiger partial charge is 0.496 e. The third kappa shape index (κ3) is 3.88. The SMILES string of the molecule is COc1cc(-n2cccc2)c(Cl)cc1C(=O)Nc1cc(N2CCCC2=O)ccc1Cl. The van der Waals surface area contributed by atoms with Crippen molar-refractivity contribution >= 4 is 46.4 Å². The van der Waals surface area contributed by atoms with Gasteiger partial charge in [-0.05, 0) is 42.8 Å². The second-order valence-corrected chi connectivity index (χ2v) is 7.68. The van der Waals surface area contributed by atoms with E-state index in [2.05, 4.69) is 5.32 Å². The first kappa shape index (κ1) is 20.3. The summed E-state index contributed by atoms with van der Waals surface area (Å²) in [4.78, 5) is 26.7. The van der Waals surface area contributed by atoms with Crippen molar-refractivity contribution in [2.45, 2.75) is 12.8 Å². The van der Waals surface area contributed by atoms with Gasteiger partial charge in [-0.3, -0.25) is 9.59 Å². The first-order valence-electron chi connectivity index (χ1n) is 9.40. The number of carbonyl (C=O) groups is 2. The molecule has 3 aromatic rings. The molecule has 1 saturated heterocycles. The standard InChI is InChI=1S/C22H19Cl2N3O3/c1-30-20-13-19(26-8-2-3-9-26)17(24)12-15(20)22(29)25-18-11-14(6-7-16(18)23)27-10-4-5-21(27)28/h2-3,6-9,11-13H,4-5,10H2,1H3,(H,25,29). The zero-order chi connectivity index (χ0) is 21.3. The highest BCUT2D eigenvalue weighted by Gasteiger charge is 2.23. The van der Waals surface area contributed by atoms with Crippen LogP contribution in [0.4, 0.5) is 11.4 Å². The van der Waals surface area contributed by atoms with E-state index in [1.807, 2.05) is 29.1 Å². The van der Waals surface area contributed by atoms with Crippen molar-refractivity contribution in [1.82, 2.24) is 4.57 Å². The van der Waals surface area contributed by atoms with Crippen molar-refractivity contribution in [1.29, 1.82) is 0 Å². The smallest absolute Gasteiger partial charge is 0.259 e. The summed E-state index contributed by atoms with van der Waals surface area (Å²) in [5.41, 5.74) is 2.08. The van der Waals surface area contributed by atoms with Gasteiger partial charge >= 0.3 is 0 Å². The lowest BCUT2D eigenvalue weighted by molar-refractivity contribution is -0.117. The van der Waals surface area contributed by atoms with E-state index >= 15 is 0 Å². The normalized spacial score (nSPS) is 13.6. The van der Waals surface area contributed by atoms with Gasteiger partial charge in [-0.25, -0.2) is 0 Å². The molecule has 154 valence electrons. The van der Waals surface area contributed by atoms with Crippen molar-refractivity contribution in [3.05, 3.63) is 70.5 Å². The maximum Gasteiger partial charge on any atom is 0.259 e. The summed E-state index contributed by atoms with van der Waals surface area (Å²) >= 11 is 12.7. The first-order chi connectivity index (χ1) is 14.5. The average molecular weight is 444 g/mol. The van der Waals surface area contributed by atoms with Crippen LogP contribution < -0.4 is 15.0 Å². The Morgan fingerprint density at radius 2 is 1.87 bits per heavy atom. The molecule has 1 fully saturated rings. The molecule has 4 rings (SSSR count). The Labute approximate surface area is 184 Å². The molecular weight excluding hydrogens is 425 g/mol. The molecule has 0 unspecified atom stereocenters. The van der Waals surface area contributed by atoms with E-state index in [0.717, 1.165) is 6.42 Å². The molecule has 2 amide bonds. The number of hydrogen-bond acceptors (Lipinski definition) is 3. The summed E-state index contributed by atoms with van der Waals surface area (Å²) in [6, 6.07) is 12.2. The van der Waals surface area contributed by atoms with Gasteiger partial charge in [-0.2, -0.15) is 0 Å². The average Bonchev–Trinajstić information content (AvgIpc) is 3.41. The van der Waals surface area contributed by atoms with Gasteiger partial charge in [0.2, 0.25) is 5.91 Å². The number of halogens is 2. The fourth-order valence-electron chi connectivity index (χ4n) is 3.47. The molecule has 2 heterocycles. The van der Waals surface area contributed by atoms with Crippen LogP contribution in [0.25, 0.3) is 5.69 Å². The van der Waals surface area contributed by atoms with Gasteiger partial charge in [0.15, 0.2) is 0 Å². The number of aromatic nitrogens is 1. The number of rotatable bonds is 5. The predicted octanol–water partition coefficient (Wildman–Crippen LogP) is 5.17. The monoisotopic (exact) mass is 443 g/mol. The maximum absolute atomic E-state index is 13.0. The Morgan fingerprint density at radius 3 is 2.53 bits per heavy atom. The number of ether oxygens (including phenoxy) is 1. The van der Waals surface area contributed by atoms with E-state index in [4.69, 9.17) is 27.9 Å².